The van der Waals surface area contributed by atoms with Crippen LogP contribution in [0.25, 0.3) is 0 Å². The van der Waals surface area contributed by atoms with Crippen molar-refractivity contribution in [1.29, 1.82) is 0 Å². The Labute approximate surface area is 120 Å². The van der Waals surface area contributed by atoms with Gasteiger partial charge in [-0.3, -0.25) is 0 Å². The summed E-state index contributed by atoms with van der Waals surface area (Å²) in [5.74, 6) is 0.710. The van der Waals surface area contributed by atoms with Crippen LogP contribution in [0.2, 0.25) is 11.1 Å². The fourth-order valence-corrected chi connectivity index (χ4v) is 7.58. The van der Waals surface area contributed by atoms with Gasteiger partial charge in [-0.15, -0.1) is 0 Å². The van der Waals surface area contributed by atoms with Gasteiger partial charge in [0.05, 0.1) is 0 Å². The minimum absolute atomic E-state index is 0.599. The van der Waals surface area contributed by atoms with Crippen LogP contribution < -0.4 is 5.19 Å². The molecule has 0 radical (unpaired) electrons. The van der Waals surface area contributed by atoms with Crippen molar-refractivity contribution in [3.8, 4) is 0 Å². The maximum Gasteiger partial charge on any atom is 0.229 e. The van der Waals surface area contributed by atoms with Crippen molar-refractivity contribution in [2.24, 2.45) is 5.92 Å². The molecule has 2 heteroatoms. The second kappa shape index (κ2) is 7.25. The van der Waals surface area contributed by atoms with Crippen LogP contribution in [0.3, 0.4) is 0 Å². The molecular formula is C17H30OSi. The molecule has 0 atom stereocenters. The Morgan fingerprint density at radius 3 is 1.84 bits per heavy atom. The molecule has 0 aromatic heterocycles. The third kappa shape index (κ3) is 3.93. The van der Waals surface area contributed by atoms with E-state index in [0.29, 0.717) is 17.0 Å². The van der Waals surface area contributed by atoms with Crippen LogP contribution in [0.1, 0.15) is 48.0 Å². The van der Waals surface area contributed by atoms with E-state index in [1.165, 1.54) is 5.19 Å². The van der Waals surface area contributed by atoms with E-state index in [-0.39, 0.29) is 0 Å². The van der Waals surface area contributed by atoms with Crippen molar-refractivity contribution >= 4 is 13.5 Å². The van der Waals surface area contributed by atoms with Gasteiger partial charge in [0.15, 0.2) is 0 Å². The first-order chi connectivity index (χ1) is 8.91. The maximum absolute atomic E-state index is 6.59. The predicted molar refractivity (Wildman–Crippen MR) is 87.4 cm³/mol. The van der Waals surface area contributed by atoms with E-state index in [1.54, 1.807) is 0 Å². The summed E-state index contributed by atoms with van der Waals surface area (Å²) in [5.41, 5.74) is 1.20. The topological polar surface area (TPSA) is 9.23 Å². The summed E-state index contributed by atoms with van der Waals surface area (Å²) in [6.45, 7) is 14.7. The van der Waals surface area contributed by atoms with Gasteiger partial charge in [-0.05, 0) is 28.6 Å². The van der Waals surface area contributed by atoms with E-state index in [4.69, 9.17) is 4.43 Å². The molecule has 19 heavy (non-hydrogen) atoms. The van der Waals surface area contributed by atoms with E-state index in [9.17, 15) is 0 Å². The first-order valence-corrected chi connectivity index (χ1v) is 9.67. The van der Waals surface area contributed by atoms with Gasteiger partial charge in [0, 0.05) is 6.61 Å². The van der Waals surface area contributed by atoms with Gasteiger partial charge in [0.2, 0.25) is 8.32 Å². The minimum atomic E-state index is -1.89. The minimum Gasteiger partial charge on any atom is -0.412 e. The standard InChI is InChI=1S/C17H30OSi/c1-14(2)12-13-18-19(15(3)4,16(5)6)17-10-8-7-9-11-17/h7-11,14-16H,12-13H2,1-6H3. The van der Waals surface area contributed by atoms with E-state index < -0.39 is 8.32 Å². The van der Waals surface area contributed by atoms with Crippen LogP contribution in [-0.2, 0) is 4.43 Å². The summed E-state index contributed by atoms with van der Waals surface area (Å²) in [6, 6.07) is 10.9. The van der Waals surface area contributed by atoms with Gasteiger partial charge in [0.1, 0.15) is 0 Å². The molecule has 0 fully saturated rings. The number of benzene rings is 1. The molecule has 0 amide bonds. The molecule has 0 heterocycles. The average Bonchev–Trinajstić information content (AvgIpc) is 2.34. The van der Waals surface area contributed by atoms with Gasteiger partial charge >= 0.3 is 0 Å². The molecule has 0 spiro atoms. The third-order valence-corrected chi connectivity index (χ3v) is 9.32. The Bertz CT molecular complexity index is 349. The fraction of sp³-hybridized carbons (Fsp3) is 0.647. The quantitative estimate of drug-likeness (QED) is 0.656. The molecule has 1 rings (SSSR count). The summed E-state index contributed by atoms with van der Waals surface area (Å²) in [6.07, 6.45) is 1.15. The highest BCUT2D eigenvalue weighted by Gasteiger charge is 2.43. The van der Waals surface area contributed by atoms with E-state index in [2.05, 4.69) is 71.9 Å². The molecule has 0 aliphatic rings. The van der Waals surface area contributed by atoms with E-state index >= 15 is 0 Å². The molecule has 0 aliphatic carbocycles. The molecule has 0 unspecified atom stereocenters. The number of rotatable bonds is 7. The van der Waals surface area contributed by atoms with Crippen molar-refractivity contribution in [3.63, 3.8) is 0 Å². The first-order valence-electron chi connectivity index (χ1n) is 7.60. The Kier molecular flexibility index (Phi) is 6.28. The van der Waals surface area contributed by atoms with Crippen LogP contribution in [0.15, 0.2) is 30.3 Å². The Balaban J connectivity index is 3.02. The predicted octanol–water partition coefficient (Wildman–Crippen LogP) is 4.72. The Morgan fingerprint density at radius 1 is 0.895 bits per heavy atom. The summed E-state index contributed by atoms with van der Waals surface area (Å²) in [4.78, 5) is 0. The fourth-order valence-electron chi connectivity index (χ4n) is 2.91. The zero-order valence-electron chi connectivity index (χ0n) is 13.4. The average molecular weight is 279 g/mol. The second-order valence-electron chi connectivity index (χ2n) is 6.50. The lowest BCUT2D eigenvalue weighted by molar-refractivity contribution is 0.270. The Hall–Kier alpha value is -0.603. The molecule has 1 nitrogen and oxygen atoms in total. The van der Waals surface area contributed by atoms with Crippen LogP contribution in [0.4, 0.5) is 0 Å². The molecule has 1 aromatic carbocycles. The zero-order valence-corrected chi connectivity index (χ0v) is 14.4. The van der Waals surface area contributed by atoms with E-state index in [0.717, 1.165) is 13.0 Å². The van der Waals surface area contributed by atoms with Gasteiger partial charge in [-0.1, -0.05) is 71.9 Å². The molecule has 0 saturated carbocycles. The van der Waals surface area contributed by atoms with Gasteiger partial charge < -0.3 is 4.43 Å². The molecular weight excluding hydrogens is 248 g/mol. The van der Waals surface area contributed by atoms with Crippen LogP contribution in [0.5, 0.6) is 0 Å². The molecule has 0 bridgehead atoms. The van der Waals surface area contributed by atoms with Gasteiger partial charge in [-0.25, -0.2) is 0 Å². The lowest BCUT2D eigenvalue weighted by atomic mass is 10.2. The summed E-state index contributed by atoms with van der Waals surface area (Å²) < 4.78 is 6.59. The highest BCUT2D eigenvalue weighted by Crippen LogP contribution is 2.33. The Morgan fingerprint density at radius 2 is 1.42 bits per heavy atom. The normalized spacial score (nSPS) is 12.7. The highest BCUT2D eigenvalue weighted by atomic mass is 28.4. The van der Waals surface area contributed by atoms with Gasteiger partial charge in [0.25, 0.3) is 0 Å². The van der Waals surface area contributed by atoms with Crippen molar-refractivity contribution < 1.29 is 4.43 Å². The summed E-state index contributed by atoms with van der Waals surface area (Å²) in [7, 11) is -1.89. The van der Waals surface area contributed by atoms with Crippen LogP contribution >= 0.6 is 0 Å². The molecule has 0 aliphatic heterocycles. The highest BCUT2D eigenvalue weighted by molar-refractivity contribution is 6.88. The van der Waals surface area contributed by atoms with Gasteiger partial charge in [-0.2, -0.15) is 0 Å². The monoisotopic (exact) mass is 278 g/mol. The maximum atomic E-state index is 6.59. The van der Waals surface area contributed by atoms with Crippen molar-refractivity contribution in [2.45, 2.75) is 59.0 Å². The SMILES string of the molecule is CC(C)CCO[Si](c1ccccc1)(C(C)C)C(C)C. The molecule has 0 N–H and O–H groups in total. The largest absolute Gasteiger partial charge is 0.412 e. The van der Waals surface area contributed by atoms with Crippen molar-refractivity contribution in [1.82, 2.24) is 0 Å². The van der Waals surface area contributed by atoms with E-state index in [1.807, 2.05) is 0 Å². The number of hydrogen-bond acceptors (Lipinski definition) is 1. The third-order valence-electron chi connectivity index (χ3n) is 3.98. The second-order valence-corrected chi connectivity index (χ2v) is 11.3. The van der Waals surface area contributed by atoms with Crippen molar-refractivity contribution in [2.75, 3.05) is 6.61 Å². The molecule has 108 valence electrons. The molecule has 1 aromatic rings. The lowest BCUT2D eigenvalue weighted by Crippen LogP contribution is -2.56. The zero-order chi connectivity index (χ0) is 14.5. The summed E-state index contributed by atoms with van der Waals surface area (Å²) >= 11 is 0. The summed E-state index contributed by atoms with van der Waals surface area (Å²) in [5, 5.41) is 1.45. The van der Waals surface area contributed by atoms with Crippen molar-refractivity contribution in [3.05, 3.63) is 30.3 Å². The first kappa shape index (κ1) is 16.5. The lowest BCUT2D eigenvalue weighted by Gasteiger charge is -2.39. The van der Waals surface area contributed by atoms with Crippen LogP contribution in [0, 0.1) is 5.92 Å². The number of hydrogen-bond donors (Lipinski definition) is 0. The van der Waals surface area contributed by atoms with Crippen LogP contribution in [-0.4, -0.2) is 14.9 Å². The smallest absolute Gasteiger partial charge is 0.229 e. The molecule has 0 saturated heterocycles.